The van der Waals surface area contributed by atoms with E-state index in [4.69, 9.17) is 25.5 Å². The van der Waals surface area contributed by atoms with Crippen molar-refractivity contribution in [3.05, 3.63) is 0 Å². The van der Waals surface area contributed by atoms with Gasteiger partial charge in [-0.25, -0.2) is 0 Å². The van der Waals surface area contributed by atoms with E-state index in [-0.39, 0.29) is 6.61 Å². The van der Waals surface area contributed by atoms with Gasteiger partial charge in [0.2, 0.25) is 0 Å². The van der Waals surface area contributed by atoms with Crippen LogP contribution < -0.4 is 0 Å². The summed E-state index contributed by atoms with van der Waals surface area (Å²) < 4.78 is 0. The first-order chi connectivity index (χ1) is 14.3. The number of aliphatic hydroxyl groups excluding tert-OH is 3. The van der Waals surface area contributed by atoms with Gasteiger partial charge in [-0.3, -0.25) is 4.79 Å². The first-order valence-electron chi connectivity index (χ1n) is 12.2. The highest BCUT2D eigenvalue weighted by Crippen LogP contribution is 2.13. The third kappa shape index (κ3) is 45.8. The summed E-state index contributed by atoms with van der Waals surface area (Å²) >= 11 is 0. The molecule has 30 heavy (non-hydrogen) atoms. The minimum atomic E-state index is -1.12. The van der Waals surface area contributed by atoms with Gasteiger partial charge in [0.05, 0.1) is 12.7 Å². The van der Waals surface area contributed by atoms with Crippen molar-refractivity contribution in [1.29, 1.82) is 0 Å². The Morgan fingerprint density at radius 1 is 0.667 bits per heavy atom. The van der Waals surface area contributed by atoms with Gasteiger partial charge < -0.3 is 25.5 Å². The summed E-state index contributed by atoms with van der Waals surface area (Å²) in [6, 6.07) is 0. The molecule has 0 fully saturated rings. The topological polar surface area (TPSA) is 118 Å². The van der Waals surface area contributed by atoms with Crippen LogP contribution in [0.15, 0.2) is 0 Å². The van der Waals surface area contributed by atoms with Crippen LogP contribution in [0.3, 0.4) is 0 Å². The van der Waals surface area contributed by atoms with Crippen LogP contribution in [-0.4, -0.2) is 50.5 Å². The summed E-state index contributed by atoms with van der Waals surface area (Å²) in [7, 11) is 0. The monoisotopic (exact) mass is 436 g/mol. The summed E-state index contributed by atoms with van der Waals surface area (Å²) in [6.45, 7) is 5.36. The SMILES string of the molecule is CC(O)CO.CCC(O)O.CCCCCCCCCCCCCCCCCC(=O)O. The molecule has 0 rings (SSSR count). The first-order valence-corrected chi connectivity index (χ1v) is 12.2. The highest BCUT2D eigenvalue weighted by molar-refractivity contribution is 5.66. The maximum Gasteiger partial charge on any atom is 0.303 e. The number of unbranched alkanes of at least 4 members (excludes halogenated alkanes) is 14. The molecule has 0 bridgehead atoms. The van der Waals surface area contributed by atoms with E-state index in [0.717, 1.165) is 12.8 Å². The normalized spacial score (nSPS) is 11.3. The molecular weight excluding hydrogens is 384 g/mol. The Balaban J connectivity index is -0.000000599. The predicted octanol–water partition coefficient (Wildman–Crippen LogP) is 5.40. The van der Waals surface area contributed by atoms with E-state index in [1.165, 1.54) is 90.4 Å². The highest BCUT2D eigenvalue weighted by Gasteiger charge is 1.97. The second-order valence-electron chi connectivity index (χ2n) is 8.01. The van der Waals surface area contributed by atoms with Crippen molar-refractivity contribution < 1.29 is 30.3 Å². The van der Waals surface area contributed by atoms with Crippen molar-refractivity contribution in [2.45, 2.75) is 142 Å². The lowest BCUT2D eigenvalue weighted by Gasteiger charge is -2.03. The van der Waals surface area contributed by atoms with Gasteiger partial charge in [-0.15, -0.1) is 0 Å². The third-order valence-electron chi connectivity index (χ3n) is 4.62. The van der Waals surface area contributed by atoms with Gasteiger partial charge in [-0.05, 0) is 19.8 Å². The van der Waals surface area contributed by atoms with Crippen molar-refractivity contribution in [2.24, 2.45) is 0 Å². The Morgan fingerprint density at radius 2 is 0.933 bits per heavy atom. The van der Waals surface area contributed by atoms with Crippen molar-refractivity contribution in [3.8, 4) is 0 Å². The van der Waals surface area contributed by atoms with Gasteiger partial charge >= 0.3 is 5.97 Å². The van der Waals surface area contributed by atoms with Crippen molar-refractivity contribution in [1.82, 2.24) is 0 Å². The van der Waals surface area contributed by atoms with Crippen LogP contribution in [-0.2, 0) is 4.79 Å². The van der Waals surface area contributed by atoms with Crippen LogP contribution >= 0.6 is 0 Å². The molecule has 0 aliphatic rings. The Hall–Kier alpha value is -0.690. The predicted molar refractivity (Wildman–Crippen MR) is 124 cm³/mol. The number of hydrogen-bond donors (Lipinski definition) is 5. The van der Waals surface area contributed by atoms with Gasteiger partial charge in [0.25, 0.3) is 0 Å². The molecule has 0 aromatic carbocycles. The van der Waals surface area contributed by atoms with E-state index in [0.29, 0.717) is 12.8 Å². The Kier molecular flexibility index (Phi) is 34.5. The van der Waals surface area contributed by atoms with Crippen LogP contribution in [0.2, 0.25) is 0 Å². The molecule has 0 saturated carbocycles. The molecule has 0 amide bonds. The second kappa shape index (κ2) is 30.5. The number of carboxylic acid groups (broad SMARTS) is 1. The second-order valence-corrected chi connectivity index (χ2v) is 8.01. The number of aliphatic carboxylic acids is 1. The molecule has 6 heteroatoms. The smallest absolute Gasteiger partial charge is 0.303 e. The lowest BCUT2D eigenvalue weighted by atomic mass is 10.0. The van der Waals surface area contributed by atoms with Gasteiger partial charge in [-0.2, -0.15) is 0 Å². The molecule has 0 heterocycles. The molecule has 184 valence electrons. The highest BCUT2D eigenvalue weighted by atomic mass is 16.5. The standard InChI is InChI=1S/C18H36O2.2C3H8O2/c1-2-3-4-5-6-7-8-9-10-11-12-13-14-15-16-17-18(19)20;1-3(5)2-4;1-2-3(4)5/h2-17H2,1H3,(H,19,20);2*3-5H,2H2,1H3. The molecule has 0 aromatic rings. The van der Waals surface area contributed by atoms with Crippen LogP contribution in [0, 0.1) is 0 Å². The Labute approximate surface area is 185 Å². The summed E-state index contributed by atoms with van der Waals surface area (Å²) in [6.07, 6.45) is 18.9. The molecule has 0 aromatic heterocycles. The van der Waals surface area contributed by atoms with E-state index in [1.807, 2.05) is 0 Å². The molecule has 0 aliphatic carbocycles. The summed E-state index contributed by atoms with van der Waals surface area (Å²) in [5.41, 5.74) is 0. The fourth-order valence-corrected chi connectivity index (χ4v) is 2.65. The van der Waals surface area contributed by atoms with E-state index >= 15 is 0 Å². The number of hydrogen-bond acceptors (Lipinski definition) is 5. The minimum absolute atomic E-state index is 0.139. The van der Waals surface area contributed by atoms with Crippen LogP contribution in [0.4, 0.5) is 0 Å². The summed E-state index contributed by atoms with van der Waals surface area (Å²) in [5.74, 6) is -0.653. The molecule has 1 unspecified atom stereocenters. The van der Waals surface area contributed by atoms with Gasteiger partial charge in [0, 0.05) is 6.42 Å². The first kappa shape index (κ1) is 33.9. The van der Waals surface area contributed by atoms with Crippen molar-refractivity contribution >= 4 is 5.97 Å². The average molecular weight is 437 g/mol. The number of rotatable bonds is 18. The zero-order chi connectivity index (χ0) is 23.5. The van der Waals surface area contributed by atoms with Gasteiger partial charge in [-0.1, -0.05) is 104 Å². The molecule has 0 radical (unpaired) electrons. The lowest BCUT2D eigenvalue weighted by Crippen LogP contribution is -2.03. The number of carboxylic acids is 1. The Morgan fingerprint density at radius 3 is 1.13 bits per heavy atom. The lowest BCUT2D eigenvalue weighted by molar-refractivity contribution is -0.137. The van der Waals surface area contributed by atoms with Gasteiger partial charge in [0.15, 0.2) is 6.29 Å². The Bertz CT molecular complexity index is 300. The fourth-order valence-electron chi connectivity index (χ4n) is 2.65. The van der Waals surface area contributed by atoms with Crippen LogP contribution in [0.1, 0.15) is 130 Å². The molecule has 0 spiro atoms. The van der Waals surface area contributed by atoms with E-state index < -0.39 is 18.4 Å². The van der Waals surface area contributed by atoms with Crippen molar-refractivity contribution in [2.75, 3.05) is 6.61 Å². The van der Waals surface area contributed by atoms with Gasteiger partial charge in [0.1, 0.15) is 0 Å². The molecular formula is C24H52O6. The maximum absolute atomic E-state index is 10.3. The molecule has 0 saturated heterocycles. The summed E-state index contributed by atoms with van der Waals surface area (Å²) in [5, 5.41) is 40.4. The van der Waals surface area contributed by atoms with E-state index in [9.17, 15) is 4.79 Å². The van der Waals surface area contributed by atoms with E-state index in [1.54, 1.807) is 6.92 Å². The molecule has 1 atom stereocenters. The number of aliphatic hydroxyl groups is 4. The number of carbonyl (C=O) groups is 1. The zero-order valence-electron chi connectivity index (χ0n) is 20.0. The van der Waals surface area contributed by atoms with Crippen LogP contribution in [0.5, 0.6) is 0 Å². The van der Waals surface area contributed by atoms with Crippen molar-refractivity contribution in [3.63, 3.8) is 0 Å². The zero-order valence-corrected chi connectivity index (χ0v) is 20.0. The molecule has 0 aliphatic heterocycles. The fraction of sp³-hybridized carbons (Fsp3) is 0.958. The van der Waals surface area contributed by atoms with Crippen LogP contribution in [0.25, 0.3) is 0 Å². The third-order valence-corrected chi connectivity index (χ3v) is 4.62. The maximum atomic E-state index is 10.3. The minimum Gasteiger partial charge on any atom is -0.481 e. The molecule has 5 N–H and O–H groups in total. The summed E-state index contributed by atoms with van der Waals surface area (Å²) in [4.78, 5) is 10.3. The quantitative estimate of drug-likeness (QED) is 0.145. The average Bonchev–Trinajstić information content (AvgIpc) is 2.71. The van der Waals surface area contributed by atoms with E-state index in [2.05, 4.69) is 6.92 Å². The molecule has 6 nitrogen and oxygen atoms in total. The largest absolute Gasteiger partial charge is 0.481 e.